The number of benzene rings is 1. The van der Waals surface area contributed by atoms with Gasteiger partial charge in [0.05, 0.1) is 28.7 Å². The fraction of sp³-hybridized carbons (Fsp3) is 0.538. The summed E-state index contributed by atoms with van der Waals surface area (Å²) in [5.41, 5.74) is 0.0615. The van der Waals surface area contributed by atoms with Gasteiger partial charge in [0.1, 0.15) is 5.82 Å². The molecule has 1 aromatic rings. The maximum atomic E-state index is 13.7. The van der Waals surface area contributed by atoms with E-state index >= 15 is 0 Å². The largest absolute Gasteiger partial charge is 0.392 e. The monoisotopic (exact) mass is 335 g/mol. The summed E-state index contributed by atoms with van der Waals surface area (Å²) in [7, 11) is -3.82. The van der Waals surface area contributed by atoms with E-state index in [4.69, 9.17) is 21.4 Å². The van der Waals surface area contributed by atoms with E-state index in [1.165, 1.54) is 10.4 Å². The molecule has 2 aliphatic heterocycles. The Labute approximate surface area is 127 Å². The van der Waals surface area contributed by atoms with Gasteiger partial charge < -0.3 is 9.84 Å². The van der Waals surface area contributed by atoms with Crippen LogP contribution >= 0.6 is 11.6 Å². The van der Waals surface area contributed by atoms with Gasteiger partial charge in [0.15, 0.2) is 0 Å². The van der Waals surface area contributed by atoms with Crippen LogP contribution in [0.3, 0.4) is 0 Å². The van der Waals surface area contributed by atoms with Crippen LogP contribution in [0.15, 0.2) is 17.0 Å². The summed E-state index contributed by atoms with van der Waals surface area (Å²) in [5, 5.41) is 8.91. The number of hydrogen-bond donors (Lipinski definition) is 1. The predicted molar refractivity (Wildman–Crippen MR) is 74.0 cm³/mol. The van der Waals surface area contributed by atoms with Crippen molar-refractivity contribution in [2.45, 2.75) is 36.6 Å². The van der Waals surface area contributed by atoms with Crippen molar-refractivity contribution in [3.63, 3.8) is 0 Å². The molecule has 0 aromatic heterocycles. The highest BCUT2D eigenvalue weighted by atomic mass is 35.5. The fourth-order valence-corrected chi connectivity index (χ4v) is 4.54. The molecule has 0 aliphatic carbocycles. The molecule has 3 rings (SSSR count). The minimum Gasteiger partial charge on any atom is -0.392 e. The molecule has 0 radical (unpaired) electrons. The van der Waals surface area contributed by atoms with Crippen molar-refractivity contribution in [2.24, 2.45) is 0 Å². The summed E-state index contributed by atoms with van der Waals surface area (Å²) in [4.78, 5) is -0.185. The molecule has 2 saturated heterocycles. The van der Waals surface area contributed by atoms with Crippen LogP contribution < -0.4 is 0 Å². The summed E-state index contributed by atoms with van der Waals surface area (Å²) in [6.45, 7) is 0.0303. The SMILES string of the molecule is O=S(=O)(c1cc(F)c(Cl)c(CO)c1)N1CC2CCC(C1)O2. The standard InChI is InChI=1S/C13H15ClFNO4S/c14-13-8(7-17)3-11(4-12(13)15)21(18,19)16-5-9-1-2-10(6-16)20-9/h3-4,9-10,17H,1-2,5-7H2. The highest BCUT2D eigenvalue weighted by Gasteiger charge is 2.39. The number of aliphatic hydroxyl groups excluding tert-OH is 1. The van der Waals surface area contributed by atoms with Gasteiger partial charge in [0.2, 0.25) is 10.0 Å². The first kappa shape index (κ1) is 15.2. The summed E-state index contributed by atoms with van der Waals surface area (Å²) < 4.78 is 45.9. The highest BCUT2D eigenvalue weighted by Crippen LogP contribution is 2.31. The molecule has 2 fully saturated rings. The zero-order chi connectivity index (χ0) is 15.2. The number of rotatable bonds is 3. The average molecular weight is 336 g/mol. The number of hydrogen-bond acceptors (Lipinski definition) is 4. The lowest BCUT2D eigenvalue weighted by Crippen LogP contribution is -2.45. The number of ether oxygens (including phenoxy) is 1. The third-order valence-corrected chi connectivity index (χ3v) is 6.13. The third-order valence-electron chi connectivity index (χ3n) is 3.90. The quantitative estimate of drug-likeness (QED) is 0.909. The van der Waals surface area contributed by atoms with E-state index in [2.05, 4.69) is 0 Å². The lowest BCUT2D eigenvalue weighted by Gasteiger charge is -2.31. The van der Waals surface area contributed by atoms with Crippen molar-refractivity contribution in [3.05, 3.63) is 28.5 Å². The first-order valence-electron chi connectivity index (χ1n) is 6.66. The Balaban J connectivity index is 1.97. The molecule has 0 spiro atoms. The van der Waals surface area contributed by atoms with Crippen molar-refractivity contribution in [3.8, 4) is 0 Å². The van der Waals surface area contributed by atoms with E-state index in [1.807, 2.05) is 0 Å². The molecule has 8 heteroatoms. The molecule has 21 heavy (non-hydrogen) atoms. The summed E-state index contributed by atoms with van der Waals surface area (Å²) in [5.74, 6) is -0.849. The molecule has 5 nitrogen and oxygen atoms in total. The number of fused-ring (bicyclic) bond motifs is 2. The Morgan fingerprint density at radius 1 is 1.33 bits per heavy atom. The third kappa shape index (κ3) is 2.68. The van der Waals surface area contributed by atoms with Crippen LogP contribution in [0, 0.1) is 5.82 Å². The van der Waals surface area contributed by atoms with Gasteiger partial charge in [-0.25, -0.2) is 12.8 Å². The smallest absolute Gasteiger partial charge is 0.243 e. The number of aliphatic hydroxyl groups is 1. The zero-order valence-electron chi connectivity index (χ0n) is 11.1. The molecule has 1 aromatic carbocycles. The topological polar surface area (TPSA) is 66.8 Å². The lowest BCUT2D eigenvalue weighted by molar-refractivity contribution is -0.0114. The van der Waals surface area contributed by atoms with E-state index in [0.29, 0.717) is 0 Å². The molecule has 2 unspecified atom stereocenters. The van der Waals surface area contributed by atoms with E-state index in [-0.39, 0.29) is 40.8 Å². The van der Waals surface area contributed by atoms with E-state index in [1.54, 1.807) is 0 Å². The van der Waals surface area contributed by atoms with Crippen LogP contribution in [-0.2, 0) is 21.4 Å². The summed E-state index contributed by atoms with van der Waals surface area (Å²) in [6.07, 6.45) is 1.50. The Morgan fingerprint density at radius 2 is 1.95 bits per heavy atom. The van der Waals surface area contributed by atoms with Crippen molar-refractivity contribution in [2.75, 3.05) is 13.1 Å². The Bertz CT molecular complexity index is 654. The van der Waals surface area contributed by atoms with E-state index in [0.717, 1.165) is 18.9 Å². The van der Waals surface area contributed by atoms with Gasteiger partial charge in [-0.1, -0.05) is 11.6 Å². The Morgan fingerprint density at radius 3 is 2.52 bits per heavy atom. The first-order chi connectivity index (χ1) is 9.91. The van der Waals surface area contributed by atoms with Crippen LogP contribution in [0.1, 0.15) is 18.4 Å². The first-order valence-corrected chi connectivity index (χ1v) is 8.48. The van der Waals surface area contributed by atoms with Gasteiger partial charge in [0.25, 0.3) is 0 Å². The number of morpholine rings is 1. The van der Waals surface area contributed by atoms with Crippen LogP contribution in [0.25, 0.3) is 0 Å². The van der Waals surface area contributed by atoms with Crippen molar-refractivity contribution in [1.82, 2.24) is 4.31 Å². The molecule has 116 valence electrons. The van der Waals surface area contributed by atoms with Gasteiger partial charge in [-0.2, -0.15) is 4.31 Å². The fourth-order valence-electron chi connectivity index (χ4n) is 2.81. The second-order valence-corrected chi connectivity index (χ2v) is 7.63. The highest BCUT2D eigenvalue weighted by molar-refractivity contribution is 7.89. The average Bonchev–Trinajstić information content (AvgIpc) is 2.79. The van der Waals surface area contributed by atoms with Crippen molar-refractivity contribution < 1.29 is 22.7 Å². The van der Waals surface area contributed by atoms with E-state index in [9.17, 15) is 12.8 Å². The molecule has 2 atom stereocenters. The molecular weight excluding hydrogens is 321 g/mol. The predicted octanol–water partition coefficient (Wildman–Crippen LogP) is 1.52. The minimum atomic E-state index is -3.82. The van der Waals surface area contributed by atoms with Crippen molar-refractivity contribution >= 4 is 21.6 Å². The van der Waals surface area contributed by atoms with Gasteiger partial charge in [-0.15, -0.1) is 0 Å². The molecule has 0 amide bonds. The second kappa shape index (κ2) is 5.48. The maximum absolute atomic E-state index is 13.7. The molecule has 0 saturated carbocycles. The second-order valence-electron chi connectivity index (χ2n) is 5.32. The van der Waals surface area contributed by atoms with Crippen LogP contribution in [0.5, 0.6) is 0 Å². The Hall–Kier alpha value is -0.730. The number of halogens is 2. The van der Waals surface area contributed by atoms with Gasteiger partial charge in [-0.3, -0.25) is 0 Å². The minimum absolute atomic E-state index is 0.0615. The van der Waals surface area contributed by atoms with Gasteiger partial charge in [-0.05, 0) is 25.0 Å². The number of nitrogens with zero attached hydrogens (tertiary/aromatic N) is 1. The molecular formula is C13H15ClFNO4S. The van der Waals surface area contributed by atoms with Crippen LogP contribution in [0.4, 0.5) is 4.39 Å². The summed E-state index contributed by atoms with van der Waals surface area (Å²) in [6, 6.07) is 2.12. The zero-order valence-corrected chi connectivity index (χ0v) is 12.7. The van der Waals surface area contributed by atoms with Gasteiger partial charge >= 0.3 is 0 Å². The lowest BCUT2D eigenvalue weighted by atomic mass is 10.2. The van der Waals surface area contributed by atoms with Crippen LogP contribution in [0.2, 0.25) is 5.02 Å². The van der Waals surface area contributed by atoms with Crippen molar-refractivity contribution in [1.29, 1.82) is 0 Å². The Kier molecular flexibility index (Phi) is 3.96. The molecule has 2 aliphatic rings. The number of sulfonamides is 1. The van der Waals surface area contributed by atoms with E-state index < -0.39 is 22.4 Å². The summed E-state index contributed by atoms with van der Waals surface area (Å²) >= 11 is 5.69. The van der Waals surface area contributed by atoms with Gasteiger partial charge in [0, 0.05) is 18.7 Å². The van der Waals surface area contributed by atoms with Crippen LogP contribution in [-0.4, -0.2) is 43.1 Å². The maximum Gasteiger partial charge on any atom is 0.243 e. The molecule has 1 N–H and O–H groups in total. The molecule has 2 heterocycles. The molecule has 2 bridgehead atoms. The normalized spacial score (nSPS) is 26.2.